The van der Waals surface area contributed by atoms with Gasteiger partial charge in [0.25, 0.3) is 0 Å². The summed E-state index contributed by atoms with van der Waals surface area (Å²) in [6.07, 6.45) is 7.11. The van der Waals surface area contributed by atoms with Crippen LogP contribution in [0, 0.1) is 11.3 Å². The Kier molecular flexibility index (Phi) is 5.58. The summed E-state index contributed by atoms with van der Waals surface area (Å²) in [6, 6.07) is 9.69. The van der Waals surface area contributed by atoms with Crippen molar-refractivity contribution in [2.75, 3.05) is 6.61 Å². The SMILES string of the molecule is O=C(O)CCC(Cc1ccccc1)NC(=O)NC1C2CCOC2C12CCCC2. The van der Waals surface area contributed by atoms with Crippen molar-refractivity contribution in [3.8, 4) is 0 Å². The number of carboxylic acids is 1. The van der Waals surface area contributed by atoms with Crippen LogP contribution in [0.5, 0.6) is 0 Å². The fourth-order valence-corrected chi connectivity index (χ4v) is 5.69. The zero-order valence-electron chi connectivity index (χ0n) is 16.2. The summed E-state index contributed by atoms with van der Waals surface area (Å²) in [5.41, 5.74) is 1.22. The predicted molar refractivity (Wildman–Crippen MR) is 105 cm³/mol. The van der Waals surface area contributed by atoms with Gasteiger partial charge in [0, 0.05) is 36.4 Å². The minimum atomic E-state index is -0.838. The third kappa shape index (κ3) is 3.75. The molecule has 1 aromatic rings. The first-order chi connectivity index (χ1) is 13.6. The number of amides is 2. The maximum absolute atomic E-state index is 12.8. The van der Waals surface area contributed by atoms with Crippen LogP contribution in [0.1, 0.15) is 50.5 Å². The van der Waals surface area contributed by atoms with Crippen molar-refractivity contribution in [1.82, 2.24) is 10.6 Å². The maximum atomic E-state index is 12.8. The Hall–Kier alpha value is -2.08. The van der Waals surface area contributed by atoms with Crippen molar-refractivity contribution in [3.63, 3.8) is 0 Å². The number of rotatable bonds is 7. The van der Waals surface area contributed by atoms with Crippen molar-refractivity contribution in [3.05, 3.63) is 35.9 Å². The average Bonchev–Trinajstić information content (AvgIpc) is 3.34. The van der Waals surface area contributed by atoms with Crippen LogP contribution in [0.25, 0.3) is 0 Å². The van der Waals surface area contributed by atoms with Gasteiger partial charge in [0.15, 0.2) is 0 Å². The normalized spacial score (nSPS) is 28.4. The van der Waals surface area contributed by atoms with Crippen LogP contribution in [-0.4, -0.2) is 41.9 Å². The highest BCUT2D eigenvalue weighted by Gasteiger charge is 2.65. The summed E-state index contributed by atoms with van der Waals surface area (Å²) in [5.74, 6) is -0.412. The lowest BCUT2D eigenvalue weighted by Crippen LogP contribution is -2.69. The second-order valence-electron chi connectivity index (χ2n) is 8.60. The van der Waals surface area contributed by atoms with E-state index < -0.39 is 5.97 Å². The number of carboxylic acid groups (broad SMARTS) is 1. The van der Waals surface area contributed by atoms with Gasteiger partial charge in [0.1, 0.15) is 0 Å². The van der Waals surface area contributed by atoms with Crippen LogP contribution in [0.3, 0.4) is 0 Å². The third-order valence-electron chi connectivity index (χ3n) is 6.94. The van der Waals surface area contributed by atoms with E-state index in [1.165, 1.54) is 12.8 Å². The topological polar surface area (TPSA) is 87.7 Å². The molecule has 6 heteroatoms. The van der Waals surface area contributed by atoms with E-state index >= 15 is 0 Å². The molecule has 4 rings (SSSR count). The summed E-state index contributed by atoms with van der Waals surface area (Å²) in [6.45, 7) is 0.798. The molecule has 1 aliphatic heterocycles. The van der Waals surface area contributed by atoms with Crippen molar-refractivity contribution in [2.45, 2.75) is 69.6 Å². The molecule has 6 nitrogen and oxygen atoms in total. The molecule has 0 bridgehead atoms. The Labute approximate surface area is 166 Å². The zero-order chi connectivity index (χ0) is 19.6. The van der Waals surface area contributed by atoms with E-state index in [1.54, 1.807) is 0 Å². The van der Waals surface area contributed by atoms with E-state index in [-0.39, 0.29) is 30.0 Å². The Bertz CT molecular complexity index is 702. The summed E-state index contributed by atoms with van der Waals surface area (Å²) >= 11 is 0. The quantitative estimate of drug-likeness (QED) is 0.672. The van der Waals surface area contributed by atoms with Crippen LogP contribution >= 0.6 is 0 Å². The number of benzene rings is 1. The molecule has 1 heterocycles. The fourth-order valence-electron chi connectivity index (χ4n) is 5.69. The third-order valence-corrected chi connectivity index (χ3v) is 6.94. The zero-order valence-corrected chi connectivity index (χ0v) is 16.2. The van der Waals surface area contributed by atoms with E-state index in [9.17, 15) is 9.59 Å². The first-order valence-electron chi connectivity index (χ1n) is 10.5. The number of hydrogen-bond acceptors (Lipinski definition) is 3. The lowest BCUT2D eigenvalue weighted by Gasteiger charge is -2.56. The monoisotopic (exact) mass is 386 g/mol. The molecule has 2 saturated carbocycles. The van der Waals surface area contributed by atoms with E-state index in [0.29, 0.717) is 24.9 Å². The summed E-state index contributed by atoms with van der Waals surface area (Å²) in [7, 11) is 0. The smallest absolute Gasteiger partial charge is 0.315 e. The van der Waals surface area contributed by atoms with Gasteiger partial charge >= 0.3 is 12.0 Å². The predicted octanol–water partition coefficient (Wildman–Crippen LogP) is 3.11. The molecule has 28 heavy (non-hydrogen) atoms. The van der Waals surface area contributed by atoms with Gasteiger partial charge in [0.05, 0.1) is 6.10 Å². The number of hydrogen-bond donors (Lipinski definition) is 3. The average molecular weight is 386 g/mol. The van der Waals surface area contributed by atoms with Gasteiger partial charge in [-0.25, -0.2) is 4.79 Å². The van der Waals surface area contributed by atoms with Crippen molar-refractivity contribution in [1.29, 1.82) is 0 Å². The molecule has 2 amide bonds. The molecular formula is C22H30N2O4. The van der Waals surface area contributed by atoms with Gasteiger partial charge in [-0.05, 0) is 37.7 Å². The largest absolute Gasteiger partial charge is 0.481 e. The van der Waals surface area contributed by atoms with E-state index in [4.69, 9.17) is 9.84 Å². The Morgan fingerprint density at radius 1 is 1.21 bits per heavy atom. The van der Waals surface area contributed by atoms with Crippen LogP contribution in [0.2, 0.25) is 0 Å². The molecule has 4 unspecified atom stereocenters. The van der Waals surface area contributed by atoms with E-state index in [2.05, 4.69) is 10.6 Å². The molecule has 152 valence electrons. The number of ether oxygens (including phenoxy) is 1. The van der Waals surface area contributed by atoms with Gasteiger partial charge < -0.3 is 20.5 Å². The molecule has 1 aromatic carbocycles. The summed E-state index contributed by atoms with van der Waals surface area (Å²) in [5, 5.41) is 15.4. The van der Waals surface area contributed by atoms with Crippen LogP contribution in [0.4, 0.5) is 4.79 Å². The Balaban J connectivity index is 1.38. The highest BCUT2D eigenvalue weighted by atomic mass is 16.5. The lowest BCUT2D eigenvalue weighted by atomic mass is 9.54. The summed E-state index contributed by atoms with van der Waals surface area (Å²) in [4.78, 5) is 23.8. The number of urea groups is 1. The first kappa shape index (κ1) is 19.2. The van der Waals surface area contributed by atoms with Crippen molar-refractivity contribution in [2.24, 2.45) is 11.3 Å². The highest BCUT2D eigenvalue weighted by Crippen LogP contribution is 2.60. The minimum absolute atomic E-state index is 0.0453. The van der Waals surface area contributed by atoms with Crippen molar-refractivity contribution >= 4 is 12.0 Å². The first-order valence-corrected chi connectivity index (χ1v) is 10.5. The molecule has 2 aliphatic carbocycles. The lowest BCUT2D eigenvalue weighted by molar-refractivity contribution is -0.137. The molecule has 3 aliphatic rings. The van der Waals surface area contributed by atoms with Gasteiger partial charge in [-0.15, -0.1) is 0 Å². The van der Waals surface area contributed by atoms with Gasteiger partial charge in [-0.1, -0.05) is 43.2 Å². The van der Waals surface area contributed by atoms with Crippen LogP contribution in [-0.2, 0) is 16.0 Å². The van der Waals surface area contributed by atoms with Gasteiger partial charge in [-0.2, -0.15) is 0 Å². The molecular weight excluding hydrogens is 356 g/mol. The fraction of sp³-hybridized carbons (Fsp3) is 0.636. The second-order valence-corrected chi connectivity index (χ2v) is 8.60. The molecule has 1 spiro atoms. The minimum Gasteiger partial charge on any atom is -0.481 e. The Morgan fingerprint density at radius 2 is 1.96 bits per heavy atom. The summed E-state index contributed by atoms with van der Waals surface area (Å²) < 4.78 is 5.99. The number of fused-ring (bicyclic) bond motifs is 2. The number of carbonyl (C=O) groups is 2. The van der Waals surface area contributed by atoms with Crippen LogP contribution in [0.15, 0.2) is 30.3 Å². The molecule has 0 aromatic heterocycles. The van der Waals surface area contributed by atoms with Crippen molar-refractivity contribution < 1.29 is 19.4 Å². The molecule has 0 radical (unpaired) electrons. The number of carbonyl (C=O) groups excluding carboxylic acids is 1. The molecule has 4 atom stereocenters. The molecule has 1 saturated heterocycles. The van der Waals surface area contributed by atoms with Crippen LogP contribution < -0.4 is 10.6 Å². The van der Waals surface area contributed by atoms with E-state index in [1.807, 2.05) is 30.3 Å². The van der Waals surface area contributed by atoms with Gasteiger partial charge in [-0.3, -0.25) is 4.79 Å². The maximum Gasteiger partial charge on any atom is 0.315 e. The second kappa shape index (κ2) is 8.11. The molecule has 3 fully saturated rings. The van der Waals surface area contributed by atoms with E-state index in [0.717, 1.165) is 31.4 Å². The standard InChI is InChI=1S/C22H30N2O4/c25-18(26)9-8-16(14-15-6-2-1-3-7-15)23-21(27)24-19-17-10-13-28-20(17)22(19)11-4-5-12-22/h1-3,6-7,16-17,19-20H,4-5,8-14H2,(H,25,26)(H2,23,24,27). The highest BCUT2D eigenvalue weighted by molar-refractivity contribution is 5.75. The number of aliphatic carboxylic acids is 1. The van der Waals surface area contributed by atoms with Gasteiger partial charge in [0.2, 0.25) is 0 Å². The molecule has 3 N–H and O–H groups in total. The number of nitrogens with one attached hydrogen (secondary N) is 2. The Morgan fingerprint density at radius 3 is 2.68 bits per heavy atom.